The van der Waals surface area contributed by atoms with Crippen LogP contribution in [0.15, 0.2) is 29.1 Å². The highest BCUT2D eigenvalue weighted by Gasteiger charge is 2.22. The van der Waals surface area contributed by atoms with Gasteiger partial charge in [0, 0.05) is 5.92 Å². The van der Waals surface area contributed by atoms with E-state index in [9.17, 15) is 4.79 Å². The molecule has 2 aromatic rings. The summed E-state index contributed by atoms with van der Waals surface area (Å²) in [6.07, 6.45) is 2.05. The summed E-state index contributed by atoms with van der Waals surface area (Å²) in [5.74, 6) is 1.21. The Kier molecular flexibility index (Phi) is 3.21. The highest BCUT2D eigenvalue weighted by molar-refractivity contribution is 5.36. The first kappa shape index (κ1) is 12.2. The van der Waals surface area contributed by atoms with Gasteiger partial charge in [-0.05, 0) is 50.6 Å². The van der Waals surface area contributed by atoms with Gasteiger partial charge in [-0.2, -0.15) is 5.10 Å². The molecule has 0 saturated carbocycles. The minimum Gasteiger partial charge on any atom is -0.317 e. The lowest BCUT2D eigenvalue weighted by atomic mass is 9.97. The fourth-order valence-electron chi connectivity index (χ4n) is 2.68. The zero-order valence-electron chi connectivity index (χ0n) is 11.0. The second kappa shape index (κ2) is 5.01. The molecule has 0 amide bonds. The van der Waals surface area contributed by atoms with Gasteiger partial charge in [0.15, 0.2) is 0 Å². The number of benzene rings is 1. The van der Waals surface area contributed by atoms with Gasteiger partial charge in [-0.25, -0.2) is 14.5 Å². The van der Waals surface area contributed by atoms with Crippen LogP contribution >= 0.6 is 0 Å². The predicted octanol–water partition coefficient (Wildman–Crippen LogP) is 1.34. The van der Waals surface area contributed by atoms with Crippen molar-refractivity contribution >= 4 is 0 Å². The normalized spacial score (nSPS) is 16.7. The van der Waals surface area contributed by atoms with E-state index < -0.39 is 0 Å². The summed E-state index contributed by atoms with van der Waals surface area (Å²) in [7, 11) is 0. The molecule has 19 heavy (non-hydrogen) atoms. The Balaban J connectivity index is 2.05. The van der Waals surface area contributed by atoms with Gasteiger partial charge in [-0.15, -0.1) is 0 Å². The largest absolute Gasteiger partial charge is 0.347 e. The number of piperidine rings is 1. The average Bonchev–Trinajstić information content (AvgIpc) is 2.82. The first-order chi connectivity index (χ1) is 9.25. The van der Waals surface area contributed by atoms with Crippen LogP contribution in [0.5, 0.6) is 0 Å². The van der Waals surface area contributed by atoms with Crippen molar-refractivity contribution in [2.75, 3.05) is 13.1 Å². The summed E-state index contributed by atoms with van der Waals surface area (Å²) in [6, 6.07) is 7.96. The molecule has 1 aliphatic heterocycles. The molecule has 1 saturated heterocycles. The summed E-state index contributed by atoms with van der Waals surface area (Å²) in [5.41, 5.74) is 1.88. The molecule has 0 unspecified atom stereocenters. The number of rotatable bonds is 2. The minimum absolute atomic E-state index is 0.154. The second-order valence-electron chi connectivity index (χ2n) is 5.09. The molecule has 1 aromatic carbocycles. The van der Waals surface area contributed by atoms with E-state index in [1.807, 2.05) is 31.2 Å². The molecule has 2 N–H and O–H groups in total. The SMILES string of the molecule is Cc1cccc(-n2c(C3CCNCC3)n[nH]c2=O)c1. The number of aromatic nitrogens is 3. The van der Waals surface area contributed by atoms with Crippen molar-refractivity contribution in [3.63, 3.8) is 0 Å². The molecule has 0 radical (unpaired) electrons. The van der Waals surface area contributed by atoms with E-state index in [2.05, 4.69) is 15.5 Å². The Morgan fingerprint density at radius 3 is 2.84 bits per heavy atom. The molecular weight excluding hydrogens is 240 g/mol. The van der Waals surface area contributed by atoms with E-state index in [0.717, 1.165) is 43.0 Å². The zero-order valence-corrected chi connectivity index (χ0v) is 11.0. The van der Waals surface area contributed by atoms with Gasteiger partial charge < -0.3 is 5.32 Å². The van der Waals surface area contributed by atoms with Crippen LogP contribution in [0.25, 0.3) is 5.69 Å². The zero-order chi connectivity index (χ0) is 13.2. The molecule has 1 aliphatic rings. The van der Waals surface area contributed by atoms with Crippen LogP contribution < -0.4 is 11.0 Å². The van der Waals surface area contributed by atoms with Crippen LogP contribution in [0.2, 0.25) is 0 Å². The third kappa shape index (κ3) is 2.33. The summed E-state index contributed by atoms with van der Waals surface area (Å²) in [5, 5.41) is 10.2. The van der Waals surface area contributed by atoms with Gasteiger partial charge >= 0.3 is 5.69 Å². The van der Waals surface area contributed by atoms with Crippen molar-refractivity contribution in [1.29, 1.82) is 0 Å². The standard InChI is InChI=1S/C14H18N4O/c1-10-3-2-4-12(9-10)18-13(16-17-14(18)19)11-5-7-15-8-6-11/h2-4,9,11,15H,5-8H2,1H3,(H,17,19). The number of aryl methyl sites for hydroxylation is 1. The third-order valence-electron chi connectivity index (χ3n) is 3.66. The van der Waals surface area contributed by atoms with Crippen molar-refractivity contribution in [1.82, 2.24) is 20.1 Å². The van der Waals surface area contributed by atoms with Crippen LogP contribution in [0.3, 0.4) is 0 Å². The van der Waals surface area contributed by atoms with E-state index in [1.54, 1.807) is 4.57 Å². The van der Waals surface area contributed by atoms with E-state index in [1.165, 1.54) is 0 Å². The lowest BCUT2D eigenvalue weighted by Gasteiger charge is -2.22. The molecule has 2 heterocycles. The molecule has 3 rings (SSSR count). The van der Waals surface area contributed by atoms with Gasteiger partial charge in [-0.1, -0.05) is 12.1 Å². The summed E-state index contributed by atoms with van der Waals surface area (Å²) in [4.78, 5) is 12.0. The van der Waals surface area contributed by atoms with Crippen LogP contribution in [-0.2, 0) is 0 Å². The van der Waals surface area contributed by atoms with Gasteiger partial charge in [0.25, 0.3) is 0 Å². The first-order valence-electron chi connectivity index (χ1n) is 6.71. The first-order valence-corrected chi connectivity index (χ1v) is 6.71. The van der Waals surface area contributed by atoms with Crippen molar-refractivity contribution < 1.29 is 0 Å². The van der Waals surface area contributed by atoms with Gasteiger partial charge in [0.05, 0.1) is 5.69 Å². The summed E-state index contributed by atoms with van der Waals surface area (Å²) < 4.78 is 1.71. The maximum absolute atomic E-state index is 12.0. The maximum atomic E-state index is 12.0. The molecule has 0 spiro atoms. The second-order valence-corrected chi connectivity index (χ2v) is 5.09. The fourth-order valence-corrected chi connectivity index (χ4v) is 2.68. The Morgan fingerprint density at radius 1 is 1.32 bits per heavy atom. The molecule has 100 valence electrons. The molecule has 5 heteroatoms. The third-order valence-corrected chi connectivity index (χ3v) is 3.66. The predicted molar refractivity (Wildman–Crippen MR) is 73.8 cm³/mol. The Hall–Kier alpha value is -1.88. The van der Waals surface area contributed by atoms with E-state index in [4.69, 9.17) is 0 Å². The molecule has 0 atom stereocenters. The number of nitrogens with zero attached hydrogens (tertiary/aromatic N) is 2. The van der Waals surface area contributed by atoms with Crippen LogP contribution in [0, 0.1) is 6.92 Å². The quantitative estimate of drug-likeness (QED) is 0.854. The van der Waals surface area contributed by atoms with Crippen molar-refractivity contribution in [3.05, 3.63) is 46.1 Å². The summed E-state index contributed by atoms with van der Waals surface area (Å²) in [6.45, 7) is 4.00. The number of hydrogen-bond acceptors (Lipinski definition) is 3. The van der Waals surface area contributed by atoms with Crippen molar-refractivity contribution in [2.24, 2.45) is 0 Å². The summed E-state index contributed by atoms with van der Waals surface area (Å²) >= 11 is 0. The Labute approximate surface area is 111 Å². The highest BCUT2D eigenvalue weighted by atomic mass is 16.1. The van der Waals surface area contributed by atoms with Crippen LogP contribution in [-0.4, -0.2) is 27.9 Å². The molecule has 1 fully saturated rings. The van der Waals surface area contributed by atoms with Gasteiger partial charge in [0.2, 0.25) is 0 Å². The van der Waals surface area contributed by atoms with Gasteiger partial charge in [-0.3, -0.25) is 0 Å². The topological polar surface area (TPSA) is 62.7 Å². The van der Waals surface area contributed by atoms with E-state index in [-0.39, 0.29) is 5.69 Å². The van der Waals surface area contributed by atoms with Crippen LogP contribution in [0.4, 0.5) is 0 Å². The van der Waals surface area contributed by atoms with Crippen molar-refractivity contribution in [3.8, 4) is 5.69 Å². The molecule has 1 aromatic heterocycles. The lowest BCUT2D eigenvalue weighted by Crippen LogP contribution is -2.29. The van der Waals surface area contributed by atoms with Gasteiger partial charge in [0.1, 0.15) is 5.82 Å². The smallest absolute Gasteiger partial charge is 0.317 e. The molecule has 5 nitrogen and oxygen atoms in total. The van der Waals surface area contributed by atoms with Crippen molar-refractivity contribution in [2.45, 2.75) is 25.7 Å². The van der Waals surface area contributed by atoms with E-state index >= 15 is 0 Å². The Morgan fingerprint density at radius 2 is 2.11 bits per heavy atom. The molecular formula is C14H18N4O. The monoisotopic (exact) mass is 258 g/mol. The number of H-pyrrole nitrogens is 1. The number of nitrogens with one attached hydrogen (secondary N) is 2. The molecule has 0 aliphatic carbocycles. The average molecular weight is 258 g/mol. The molecule has 0 bridgehead atoms. The van der Waals surface area contributed by atoms with Crippen LogP contribution in [0.1, 0.15) is 30.1 Å². The lowest BCUT2D eigenvalue weighted by molar-refractivity contribution is 0.440. The fraction of sp³-hybridized carbons (Fsp3) is 0.429. The highest BCUT2D eigenvalue weighted by Crippen LogP contribution is 2.24. The Bertz CT molecular complexity index is 622. The minimum atomic E-state index is -0.154. The number of hydrogen-bond donors (Lipinski definition) is 2. The van der Waals surface area contributed by atoms with E-state index in [0.29, 0.717) is 5.92 Å². The maximum Gasteiger partial charge on any atom is 0.347 e. The number of aromatic amines is 1.